The fourth-order valence-electron chi connectivity index (χ4n) is 3.77. The van der Waals surface area contributed by atoms with Crippen LogP contribution in [0.1, 0.15) is 37.8 Å². The van der Waals surface area contributed by atoms with Crippen molar-refractivity contribution in [3.63, 3.8) is 0 Å². The van der Waals surface area contributed by atoms with Gasteiger partial charge in [0.15, 0.2) is 12.0 Å². The lowest BCUT2D eigenvalue weighted by atomic mass is 9.96. The molecule has 1 heterocycles. The van der Waals surface area contributed by atoms with E-state index in [-0.39, 0.29) is 6.04 Å². The standard InChI is InChI=1S/C23H20Cl3N5/c24-16-8-6-15(7-9-16)22-13-20(23(28-14-27)29-18-4-2-1-3-5-18)30-31(22)21-11-10-17(25)12-19(21)26/h6-13,18H,1-5H2,(H,28,29). The van der Waals surface area contributed by atoms with Crippen LogP contribution in [0.4, 0.5) is 0 Å². The predicted molar refractivity (Wildman–Crippen MR) is 126 cm³/mol. The van der Waals surface area contributed by atoms with Crippen molar-refractivity contribution >= 4 is 40.6 Å². The molecule has 31 heavy (non-hydrogen) atoms. The summed E-state index contributed by atoms with van der Waals surface area (Å²) in [5.74, 6) is 0.466. The number of nitrogens with zero attached hydrogens (tertiary/aromatic N) is 4. The van der Waals surface area contributed by atoms with Gasteiger partial charge in [-0.3, -0.25) is 10.3 Å². The molecule has 8 heteroatoms. The lowest BCUT2D eigenvalue weighted by Gasteiger charge is -2.18. The van der Waals surface area contributed by atoms with E-state index in [4.69, 9.17) is 44.9 Å². The third kappa shape index (κ3) is 5.04. The second-order valence-electron chi connectivity index (χ2n) is 7.44. The molecule has 0 radical (unpaired) electrons. The van der Waals surface area contributed by atoms with E-state index in [1.54, 1.807) is 16.8 Å². The Morgan fingerprint density at radius 1 is 1.00 bits per heavy atom. The van der Waals surface area contributed by atoms with Crippen LogP contribution in [0.5, 0.6) is 0 Å². The van der Waals surface area contributed by atoms with Crippen molar-refractivity contribution in [2.24, 2.45) is 4.99 Å². The largest absolute Gasteiger partial charge is 0.275 e. The van der Waals surface area contributed by atoms with Gasteiger partial charge in [0.2, 0.25) is 0 Å². The van der Waals surface area contributed by atoms with E-state index in [2.05, 4.69) is 5.32 Å². The minimum Gasteiger partial charge on any atom is -0.275 e. The molecule has 1 N–H and O–H groups in total. The first-order chi connectivity index (χ1) is 15.0. The second kappa shape index (κ2) is 9.74. The lowest BCUT2D eigenvalue weighted by Crippen LogP contribution is -2.24. The number of nitrogens with one attached hydrogen (secondary N) is 1. The van der Waals surface area contributed by atoms with Crippen molar-refractivity contribution in [3.05, 3.63) is 69.3 Å². The monoisotopic (exact) mass is 471 g/mol. The number of hydrogen-bond acceptors (Lipinski definition) is 3. The van der Waals surface area contributed by atoms with E-state index in [0.717, 1.165) is 36.9 Å². The zero-order chi connectivity index (χ0) is 21.8. The zero-order valence-electron chi connectivity index (χ0n) is 16.7. The van der Waals surface area contributed by atoms with Gasteiger partial charge >= 0.3 is 0 Å². The Morgan fingerprint density at radius 3 is 2.39 bits per heavy atom. The third-order valence-electron chi connectivity index (χ3n) is 5.29. The van der Waals surface area contributed by atoms with Crippen LogP contribution < -0.4 is 5.32 Å². The Labute approximate surface area is 196 Å². The summed E-state index contributed by atoms with van der Waals surface area (Å²) in [7, 11) is 0. The minimum atomic E-state index is 0.188. The molecule has 158 valence electrons. The molecule has 1 aliphatic carbocycles. The van der Waals surface area contributed by atoms with Crippen LogP contribution in [0.2, 0.25) is 15.1 Å². The average molecular weight is 473 g/mol. The molecular formula is C23H20Cl3N5. The maximum Gasteiger partial charge on any atom is 0.182 e. The van der Waals surface area contributed by atoms with Crippen molar-refractivity contribution in [3.8, 4) is 23.1 Å². The van der Waals surface area contributed by atoms with Gasteiger partial charge in [-0.25, -0.2) is 4.68 Å². The highest BCUT2D eigenvalue weighted by atomic mass is 35.5. The van der Waals surface area contributed by atoms with E-state index in [9.17, 15) is 5.26 Å². The lowest BCUT2D eigenvalue weighted by molar-refractivity contribution is 0.443. The fraction of sp³-hybridized carbons (Fsp3) is 0.261. The molecule has 5 nitrogen and oxygen atoms in total. The van der Waals surface area contributed by atoms with Crippen LogP contribution >= 0.6 is 34.8 Å². The molecule has 4 rings (SSSR count). The Balaban J connectivity index is 1.84. The summed E-state index contributed by atoms with van der Waals surface area (Å²) in [6.07, 6.45) is 7.57. The summed E-state index contributed by atoms with van der Waals surface area (Å²) < 4.78 is 1.74. The van der Waals surface area contributed by atoms with Crippen LogP contribution in [0.3, 0.4) is 0 Å². The number of aromatic nitrogens is 2. The van der Waals surface area contributed by atoms with Crippen molar-refractivity contribution in [2.45, 2.75) is 38.1 Å². The van der Waals surface area contributed by atoms with E-state index in [0.29, 0.717) is 32.3 Å². The van der Waals surface area contributed by atoms with Crippen molar-refractivity contribution in [2.75, 3.05) is 0 Å². The summed E-state index contributed by atoms with van der Waals surface area (Å²) in [5.41, 5.74) is 2.95. The Kier molecular flexibility index (Phi) is 6.82. The maximum atomic E-state index is 9.32. The van der Waals surface area contributed by atoms with Gasteiger partial charge in [-0.2, -0.15) is 10.4 Å². The number of hydrogen-bond donors (Lipinski definition) is 1. The normalized spacial score (nSPS) is 15.0. The molecule has 0 spiro atoms. The van der Waals surface area contributed by atoms with Crippen LogP contribution in [0.25, 0.3) is 16.9 Å². The van der Waals surface area contributed by atoms with E-state index in [1.807, 2.05) is 42.6 Å². The van der Waals surface area contributed by atoms with Gasteiger partial charge < -0.3 is 0 Å². The molecule has 1 saturated carbocycles. The van der Waals surface area contributed by atoms with Crippen LogP contribution in [-0.4, -0.2) is 21.7 Å². The van der Waals surface area contributed by atoms with Crippen LogP contribution in [0.15, 0.2) is 53.5 Å². The molecule has 0 saturated heterocycles. The average Bonchev–Trinajstić information content (AvgIpc) is 3.20. The van der Waals surface area contributed by atoms with Crippen molar-refractivity contribution in [1.29, 1.82) is 5.26 Å². The SMILES string of the molecule is N#CNC(=NC1CCCCC1)c1cc(-c2ccc(Cl)cc2)n(-c2ccc(Cl)cc2Cl)n1. The van der Waals surface area contributed by atoms with E-state index >= 15 is 0 Å². The second-order valence-corrected chi connectivity index (χ2v) is 8.72. The van der Waals surface area contributed by atoms with E-state index < -0.39 is 0 Å². The first-order valence-corrected chi connectivity index (χ1v) is 11.2. The van der Waals surface area contributed by atoms with Crippen molar-refractivity contribution in [1.82, 2.24) is 15.1 Å². The highest BCUT2D eigenvalue weighted by Crippen LogP contribution is 2.31. The Bertz CT molecular complexity index is 1140. The van der Waals surface area contributed by atoms with Crippen molar-refractivity contribution < 1.29 is 0 Å². The summed E-state index contributed by atoms with van der Waals surface area (Å²) >= 11 is 18.7. The molecule has 1 fully saturated rings. The molecule has 3 aromatic rings. The molecule has 0 unspecified atom stereocenters. The van der Waals surface area contributed by atoms with Gasteiger partial charge in [0.05, 0.1) is 22.4 Å². The summed E-state index contributed by atoms with van der Waals surface area (Å²) in [6, 6.07) is 14.8. The maximum absolute atomic E-state index is 9.32. The number of halogens is 3. The predicted octanol–water partition coefficient (Wildman–Crippen LogP) is 6.65. The number of aliphatic imine (C=N–C) groups is 1. The first kappa shape index (κ1) is 21.7. The summed E-state index contributed by atoms with van der Waals surface area (Å²) in [5, 5.41) is 18.5. The number of rotatable bonds is 4. The first-order valence-electron chi connectivity index (χ1n) is 10.1. The molecular weight excluding hydrogens is 453 g/mol. The smallest absolute Gasteiger partial charge is 0.182 e. The zero-order valence-corrected chi connectivity index (χ0v) is 18.9. The van der Waals surface area contributed by atoms with Gasteiger partial charge in [-0.15, -0.1) is 0 Å². The quantitative estimate of drug-likeness (QED) is 0.200. The molecule has 0 atom stereocenters. The molecule has 0 amide bonds. The Hall–Kier alpha value is -2.52. The highest BCUT2D eigenvalue weighted by Gasteiger charge is 2.20. The van der Waals surface area contributed by atoms with E-state index in [1.165, 1.54) is 6.42 Å². The van der Waals surface area contributed by atoms with Crippen LogP contribution in [0, 0.1) is 11.5 Å². The van der Waals surface area contributed by atoms with Crippen LogP contribution in [-0.2, 0) is 0 Å². The topological polar surface area (TPSA) is 66.0 Å². The molecule has 0 aliphatic heterocycles. The number of amidine groups is 1. The van der Waals surface area contributed by atoms with Gasteiger partial charge in [0.1, 0.15) is 5.69 Å². The molecule has 1 aliphatic rings. The van der Waals surface area contributed by atoms with Gasteiger partial charge in [-0.05, 0) is 49.2 Å². The van der Waals surface area contributed by atoms with Gasteiger partial charge in [-0.1, -0.05) is 66.2 Å². The highest BCUT2D eigenvalue weighted by molar-refractivity contribution is 6.35. The fourth-order valence-corrected chi connectivity index (χ4v) is 4.38. The molecule has 2 aromatic carbocycles. The number of nitriles is 1. The minimum absolute atomic E-state index is 0.188. The van der Waals surface area contributed by atoms with Gasteiger partial charge in [0.25, 0.3) is 0 Å². The summed E-state index contributed by atoms with van der Waals surface area (Å²) in [4.78, 5) is 4.82. The van der Waals surface area contributed by atoms with Gasteiger partial charge in [0, 0.05) is 15.6 Å². The summed E-state index contributed by atoms with van der Waals surface area (Å²) in [6.45, 7) is 0. The molecule has 1 aromatic heterocycles. The number of benzene rings is 2. The molecule has 0 bridgehead atoms. The Morgan fingerprint density at radius 2 is 1.71 bits per heavy atom. The third-order valence-corrected chi connectivity index (χ3v) is 6.08.